The summed E-state index contributed by atoms with van der Waals surface area (Å²) in [6.45, 7) is 16.3. The Labute approximate surface area is 245 Å². The van der Waals surface area contributed by atoms with E-state index in [-0.39, 0.29) is 45.4 Å². The van der Waals surface area contributed by atoms with Gasteiger partial charge in [-0.2, -0.15) is 0 Å². The van der Waals surface area contributed by atoms with Gasteiger partial charge in [0, 0.05) is 19.8 Å². The fourth-order valence-electron chi connectivity index (χ4n) is 11.3. The lowest BCUT2D eigenvalue weighted by Gasteiger charge is -2.71. The normalized spacial score (nSPS) is 48.2. The molecule has 5 rings (SSSR count). The van der Waals surface area contributed by atoms with Crippen LogP contribution >= 0.6 is 0 Å². The number of carbonyl (C=O) groups excluding carboxylic acids is 3. The van der Waals surface area contributed by atoms with Gasteiger partial charge in [-0.15, -0.1) is 0 Å². The van der Waals surface area contributed by atoms with Crippen LogP contribution in [0.2, 0.25) is 0 Å². The maximum Gasteiger partial charge on any atom is 0.314 e. The van der Waals surface area contributed by atoms with Crippen molar-refractivity contribution in [2.24, 2.45) is 50.2 Å². The molecule has 0 spiro atoms. The summed E-state index contributed by atoms with van der Waals surface area (Å²) < 4.78 is 11.8. The summed E-state index contributed by atoms with van der Waals surface area (Å²) in [5, 5.41) is 10.8. The molecule has 10 atom stereocenters. The quantitative estimate of drug-likeness (QED) is 0.233. The fourth-order valence-corrected chi connectivity index (χ4v) is 11.3. The maximum absolute atomic E-state index is 13.2. The van der Waals surface area contributed by atoms with E-state index in [9.17, 15) is 24.3 Å². The summed E-state index contributed by atoms with van der Waals surface area (Å²) in [5.41, 5.74) is -1.32. The number of carboxylic acid groups (broad SMARTS) is 1. The van der Waals surface area contributed by atoms with Crippen molar-refractivity contribution >= 4 is 24.2 Å². The van der Waals surface area contributed by atoms with Gasteiger partial charge in [0.05, 0.1) is 5.41 Å². The fraction of sp³-hybridized carbons (Fsp3) is 0.824. The van der Waals surface area contributed by atoms with Crippen molar-refractivity contribution in [3.05, 3.63) is 11.6 Å². The van der Waals surface area contributed by atoms with Crippen LogP contribution in [0.4, 0.5) is 0 Å². The van der Waals surface area contributed by atoms with Crippen LogP contribution in [-0.2, 0) is 28.7 Å². The van der Waals surface area contributed by atoms with Crippen molar-refractivity contribution < 1.29 is 33.8 Å². The molecule has 0 aromatic carbocycles. The Bertz CT molecular complexity index is 1190. The Morgan fingerprint density at radius 2 is 1.49 bits per heavy atom. The van der Waals surface area contributed by atoms with Crippen LogP contribution in [0, 0.1) is 50.2 Å². The summed E-state index contributed by atoms with van der Waals surface area (Å²) >= 11 is 0. The van der Waals surface area contributed by atoms with Gasteiger partial charge in [-0.25, -0.2) is 0 Å². The summed E-state index contributed by atoms with van der Waals surface area (Å²) in [6, 6.07) is 0. The first kappa shape index (κ1) is 30.3. The number of carbonyl (C=O) groups is 4. The molecule has 1 N–H and O–H groups in total. The smallest absolute Gasteiger partial charge is 0.314 e. The zero-order valence-corrected chi connectivity index (χ0v) is 26.3. The second-order valence-corrected chi connectivity index (χ2v) is 16.0. The molecule has 4 fully saturated rings. The largest absolute Gasteiger partial charge is 0.481 e. The van der Waals surface area contributed by atoms with Crippen LogP contribution < -0.4 is 0 Å². The van der Waals surface area contributed by atoms with Crippen molar-refractivity contribution in [2.45, 2.75) is 125 Å². The van der Waals surface area contributed by atoms with E-state index in [1.807, 2.05) is 6.92 Å². The average Bonchev–Trinajstić information content (AvgIpc) is 2.85. The molecule has 228 valence electrons. The molecule has 0 bridgehead atoms. The van der Waals surface area contributed by atoms with Gasteiger partial charge < -0.3 is 19.4 Å². The van der Waals surface area contributed by atoms with E-state index in [2.05, 4.69) is 40.7 Å². The zero-order chi connectivity index (χ0) is 30.4. The number of fused-ring (bicyclic) bond motifs is 7. The topological polar surface area (TPSA) is 107 Å². The lowest BCUT2D eigenvalue weighted by Crippen LogP contribution is -2.68. The number of ether oxygens (including phenoxy) is 2. The van der Waals surface area contributed by atoms with E-state index in [1.165, 1.54) is 19.4 Å². The van der Waals surface area contributed by atoms with Gasteiger partial charge in [-0.3, -0.25) is 14.4 Å². The van der Waals surface area contributed by atoms with Crippen LogP contribution in [-0.4, -0.2) is 41.5 Å². The van der Waals surface area contributed by atoms with Crippen LogP contribution in [0.1, 0.15) is 113 Å². The van der Waals surface area contributed by atoms with E-state index >= 15 is 0 Å². The first-order valence-electron chi connectivity index (χ1n) is 15.7. The summed E-state index contributed by atoms with van der Waals surface area (Å²) in [7, 11) is 0. The molecule has 0 aromatic rings. The SMILES string of the molecule is CC(=O)O[C@H]1CC[C@]2(C)[C@H]3CC=C4[C@@H]5CC(C)(C)CC[C@]5(C(=O)O)[C@H](OC(C)=O)C[C@@]4(C)[C@]3(C)CC[C@H]2[C@]1(C)C=O. The summed E-state index contributed by atoms with van der Waals surface area (Å²) in [5.74, 6) is -1.49. The molecule has 0 radical (unpaired) electrons. The number of allylic oxidation sites excluding steroid dienone is 2. The zero-order valence-electron chi connectivity index (χ0n) is 26.3. The average molecular weight is 571 g/mol. The molecule has 0 saturated heterocycles. The second-order valence-electron chi connectivity index (χ2n) is 16.0. The number of rotatable bonds is 4. The van der Waals surface area contributed by atoms with Gasteiger partial charge in [-0.05, 0) is 98.2 Å². The molecule has 0 amide bonds. The van der Waals surface area contributed by atoms with Gasteiger partial charge in [0.25, 0.3) is 0 Å². The summed E-state index contributed by atoms with van der Waals surface area (Å²) in [6.07, 6.45) is 8.89. The van der Waals surface area contributed by atoms with E-state index in [0.29, 0.717) is 19.3 Å². The predicted octanol–water partition coefficient (Wildman–Crippen LogP) is 6.53. The highest BCUT2D eigenvalue weighted by atomic mass is 16.5. The van der Waals surface area contributed by atoms with Crippen molar-refractivity contribution in [3.63, 3.8) is 0 Å². The first-order valence-corrected chi connectivity index (χ1v) is 15.7. The van der Waals surface area contributed by atoms with Gasteiger partial charge in [0.1, 0.15) is 23.9 Å². The molecule has 0 aromatic heterocycles. The minimum atomic E-state index is -1.12. The van der Waals surface area contributed by atoms with Crippen LogP contribution in [0.25, 0.3) is 0 Å². The molecule has 4 saturated carbocycles. The molecule has 5 aliphatic rings. The maximum atomic E-state index is 13.2. The van der Waals surface area contributed by atoms with Gasteiger partial charge in [0.15, 0.2) is 0 Å². The molecule has 0 unspecified atom stereocenters. The number of hydrogen-bond acceptors (Lipinski definition) is 6. The number of aldehydes is 1. The highest BCUT2D eigenvalue weighted by Crippen LogP contribution is 2.76. The van der Waals surface area contributed by atoms with Gasteiger partial charge in [0.2, 0.25) is 0 Å². The Hall–Kier alpha value is -2.18. The van der Waals surface area contributed by atoms with Crippen LogP contribution in [0.3, 0.4) is 0 Å². The number of hydrogen-bond donors (Lipinski definition) is 1. The molecule has 7 nitrogen and oxygen atoms in total. The number of aliphatic carboxylic acids is 1. The standard InChI is InChI=1S/C34H50O7/c1-20(36)40-26-12-13-30(5)24(31(26,6)19-35)11-14-32(7)25(30)10-9-22-23-17-29(3,4)15-16-34(23,28(38)39)27(41-21(2)37)18-33(22,32)8/h9,19,23-27H,10-18H2,1-8H3,(H,38,39)/t23-,24+,25+,26-,27+,30-,31-,32+,33+,34+/m0/s1. The number of esters is 2. The third-order valence-corrected chi connectivity index (χ3v) is 13.6. The molecular weight excluding hydrogens is 520 g/mol. The van der Waals surface area contributed by atoms with E-state index < -0.39 is 35.0 Å². The van der Waals surface area contributed by atoms with Crippen molar-refractivity contribution in [3.8, 4) is 0 Å². The lowest BCUT2D eigenvalue weighted by molar-refractivity contribution is -0.224. The highest BCUT2D eigenvalue weighted by Gasteiger charge is 2.72. The minimum Gasteiger partial charge on any atom is -0.481 e. The van der Waals surface area contributed by atoms with Crippen molar-refractivity contribution in [1.82, 2.24) is 0 Å². The Kier molecular flexibility index (Phi) is 6.95. The van der Waals surface area contributed by atoms with E-state index in [4.69, 9.17) is 9.47 Å². The monoisotopic (exact) mass is 570 g/mol. The van der Waals surface area contributed by atoms with Gasteiger partial charge in [-0.1, -0.05) is 46.3 Å². The molecular formula is C34H50O7. The number of carboxylic acids is 1. The van der Waals surface area contributed by atoms with E-state index in [0.717, 1.165) is 44.8 Å². The Balaban J connectivity index is 1.63. The first-order chi connectivity index (χ1) is 18.9. The molecule has 5 aliphatic carbocycles. The molecule has 0 aliphatic heterocycles. The van der Waals surface area contributed by atoms with Gasteiger partial charge >= 0.3 is 17.9 Å². The highest BCUT2D eigenvalue weighted by molar-refractivity contribution is 5.79. The minimum absolute atomic E-state index is 0.00819. The molecule has 0 heterocycles. The van der Waals surface area contributed by atoms with Crippen LogP contribution in [0.5, 0.6) is 0 Å². The lowest BCUT2D eigenvalue weighted by atomic mass is 9.33. The Morgan fingerprint density at radius 3 is 2.07 bits per heavy atom. The van der Waals surface area contributed by atoms with Crippen molar-refractivity contribution in [1.29, 1.82) is 0 Å². The molecule has 41 heavy (non-hydrogen) atoms. The van der Waals surface area contributed by atoms with E-state index in [1.54, 1.807) is 0 Å². The van der Waals surface area contributed by atoms with Crippen molar-refractivity contribution in [2.75, 3.05) is 0 Å². The summed E-state index contributed by atoms with van der Waals surface area (Å²) in [4.78, 5) is 50.4. The predicted molar refractivity (Wildman–Crippen MR) is 154 cm³/mol. The molecule has 7 heteroatoms. The third-order valence-electron chi connectivity index (χ3n) is 13.6. The third kappa shape index (κ3) is 4.02. The van der Waals surface area contributed by atoms with Crippen LogP contribution in [0.15, 0.2) is 11.6 Å². The Morgan fingerprint density at radius 1 is 0.854 bits per heavy atom. The second kappa shape index (κ2) is 9.41.